The van der Waals surface area contributed by atoms with Gasteiger partial charge in [0, 0.05) is 24.5 Å². The number of aryl methyl sites for hydroxylation is 1. The molecule has 1 saturated carbocycles. The van der Waals surface area contributed by atoms with Gasteiger partial charge in [0.25, 0.3) is 0 Å². The third-order valence-corrected chi connectivity index (χ3v) is 7.39. The molecule has 1 aliphatic heterocycles. The molecular weight excluding hydrogens is 318 g/mol. The fraction of sp³-hybridized carbons (Fsp3) is 0.800. The van der Waals surface area contributed by atoms with E-state index in [1.54, 1.807) is 11.3 Å². The van der Waals surface area contributed by atoms with Crippen molar-refractivity contribution >= 4 is 21.4 Å². The number of nitrogens with zero attached hydrogens (tertiary/aromatic N) is 2. The molecule has 1 saturated heterocycles. The summed E-state index contributed by atoms with van der Waals surface area (Å²) >= 11 is 1.65. The molecular formula is C15H25N3O2S2. The van der Waals surface area contributed by atoms with Crippen molar-refractivity contribution in [3.8, 4) is 0 Å². The minimum absolute atomic E-state index is 0.168. The van der Waals surface area contributed by atoms with Crippen molar-refractivity contribution in [2.75, 3.05) is 13.1 Å². The Morgan fingerprint density at radius 1 is 1.32 bits per heavy atom. The molecule has 1 aliphatic carbocycles. The molecule has 0 radical (unpaired) electrons. The van der Waals surface area contributed by atoms with Crippen LogP contribution in [0.25, 0.3) is 0 Å². The molecule has 3 rings (SSSR count). The maximum Gasteiger partial charge on any atom is 0.215 e. The monoisotopic (exact) mass is 343 g/mol. The molecule has 0 aromatic carbocycles. The molecule has 2 heterocycles. The third-order valence-electron chi connectivity index (χ3n) is 4.64. The Kier molecular flexibility index (Phi) is 5.17. The van der Waals surface area contributed by atoms with Crippen molar-refractivity contribution < 1.29 is 8.42 Å². The van der Waals surface area contributed by atoms with Crippen LogP contribution in [0, 0.1) is 6.92 Å². The SMILES string of the molecule is Cc1nc(CN2CCCC(S(=O)(=O)NC3CCCC3)C2)cs1. The lowest BCUT2D eigenvalue weighted by Crippen LogP contribution is -2.48. The molecule has 2 fully saturated rings. The lowest BCUT2D eigenvalue weighted by molar-refractivity contribution is 0.219. The number of likely N-dealkylation sites (tertiary alicyclic amines) is 1. The summed E-state index contributed by atoms with van der Waals surface area (Å²) in [6.45, 7) is 4.35. The van der Waals surface area contributed by atoms with Crippen LogP contribution in [0.15, 0.2) is 5.38 Å². The molecule has 124 valence electrons. The lowest BCUT2D eigenvalue weighted by atomic mass is 10.1. The fourth-order valence-electron chi connectivity index (χ4n) is 3.49. The van der Waals surface area contributed by atoms with Crippen LogP contribution in [0.5, 0.6) is 0 Å². The van der Waals surface area contributed by atoms with E-state index in [1.165, 1.54) is 0 Å². The van der Waals surface area contributed by atoms with Gasteiger partial charge in [-0.3, -0.25) is 4.90 Å². The highest BCUT2D eigenvalue weighted by atomic mass is 32.2. The number of aromatic nitrogens is 1. The first-order chi connectivity index (χ1) is 10.5. The summed E-state index contributed by atoms with van der Waals surface area (Å²) in [4.78, 5) is 6.72. The van der Waals surface area contributed by atoms with Gasteiger partial charge in [-0.1, -0.05) is 12.8 Å². The maximum atomic E-state index is 12.6. The second kappa shape index (κ2) is 6.95. The fourth-order valence-corrected chi connectivity index (χ4v) is 5.87. The summed E-state index contributed by atoms with van der Waals surface area (Å²) in [6, 6.07) is 0.168. The molecule has 0 spiro atoms. The molecule has 5 nitrogen and oxygen atoms in total. The van der Waals surface area contributed by atoms with Gasteiger partial charge in [0.1, 0.15) is 0 Å². The number of hydrogen-bond acceptors (Lipinski definition) is 5. The van der Waals surface area contributed by atoms with Crippen LogP contribution in [0.1, 0.15) is 49.2 Å². The zero-order chi connectivity index (χ0) is 15.6. The standard InChI is InChI=1S/C15H25N3O2S2/c1-12-16-14(11-21-12)9-18-8-4-7-15(10-18)22(19,20)17-13-5-2-3-6-13/h11,13,15,17H,2-10H2,1H3. The topological polar surface area (TPSA) is 62.3 Å². The summed E-state index contributed by atoms with van der Waals surface area (Å²) in [5.41, 5.74) is 1.06. The van der Waals surface area contributed by atoms with E-state index in [2.05, 4.69) is 20.0 Å². The highest BCUT2D eigenvalue weighted by Crippen LogP contribution is 2.23. The Hall–Kier alpha value is -0.500. The van der Waals surface area contributed by atoms with E-state index in [0.29, 0.717) is 6.54 Å². The van der Waals surface area contributed by atoms with Crippen LogP contribution in [0.3, 0.4) is 0 Å². The number of rotatable bonds is 5. The first kappa shape index (κ1) is 16.4. The Morgan fingerprint density at radius 2 is 2.09 bits per heavy atom. The van der Waals surface area contributed by atoms with E-state index in [9.17, 15) is 8.42 Å². The average Bonchev–Trinajstić information content (AvgIpc) is 3.11. The van der Waals surface area contributed by atoms with Gasteiger partial charge in [0.15, 0.2) is 0 Å². The van der Waals surface area contributed by atoms with Gasteiger partial charge >= 0.3 is 0 Å². The van der Waals surface area contributed by atoms with E-state index >= 15 is 0 Å². The van der Waals surface area contributed by atoms with Crippen molar-refractivity contribution in [3.05, 3.63) is 16.1 Å². The Labute approximate surface area is 137 Å². The third kappa shape index (κ3) is 4.07. The van der Waals surface area contributed by atoms with E-state index in [1.807, 2.05) is 6.92 Å². The van der Waals surface area contributed by atoms with Crippen molar-refractivity contribution in [2.45, 2.75) is 63.3 Å². The molecule has 7 heteroatoms. The van der Waals surface area contributed by atoms with Gasteiger partial charge in [-0.2, -0.15) is 0 Å². The molecule has 1 unspecified atom stereocenters. The predicted molar refractivity (Wildman–Crippen MR) is 89.5 cm³/mol. The van der Waals surface area contributed by atoms with E-state index in [-0.39, 0.29) is 11.3 Å². The summed E-state index contributed by atoms with van der Waals surface area (Å²) in [5, 5.41) is 2.87. The van der Waals surface area contributed by atoms with E-state index in [4.69, 9.17) is 0 Å². The van der Waals surface area contributed by atoms with Crippen LogP contribution in [0.2, 0.25) is 0 Å². The van der Waals surface area contributed by atoms with E-state index < -0.39 is 10.0 Å². The summed E-state index contributed by atoms with van der Waals surface area (Å²) in [6.07, 6.45) is 6.00. The van der Waals surface area contributed by atoms with Crippen molar-refractivity contribution in [2.24, 2.45) is 0 Å². The van der Waals surface area contributed by atoms with Crippen LogP contribution < -0.4 is 4.72 Å². The van der Waals surface area contributed by atoms with Crippen molar-refractivity contribution in [3.63, 3.8) is 0 Å². The highest BCUT2D eigenvalue weighted by Gasteiger charge is 2.33. The highest BCUT2D eigenvalue weighted by molar-refractivity contribution is 7.90. The first-order valence-electron chi connectivity index (χ1n) is 8.17. The van der Waals surface area contributed by atoms with Gasteiger partial charge < -0.3 is 0 Å². The zero-order valence-corrected chi connectivity index (χ0v) is 14.8. The van der Waals surface area contributed by atoms with Crippen molar-refractivity contribution in [1.29, 1.82) is 0 Å². The molecule has 0 bridgehead atoms. The molecule has 2 aliphatic rings. The van der Waals surface area contributed by atoms with Crippen molar-refractivity contribution in [1.82, 2.24) is 14.6 Å². The van der Waals surface area contributed by atoms with E-state index in [0.717, 1.165) is 62.3 Å². The summed E-state index contributed by atoms with van der Waals surface area (Å²) in [5.74, 6) is 0. The molecule has 1 aromatic heterocycles. The van der Waals surface area contributed by atoms with Crippen LogP contribution in [-0.2, 0) is 16.6 Å². The molecule has 1 aromatic rings. The number of thiazole rings is 1. The second-order valence-corrected chi connectivity index (χ2v) is 9.56. The summed E-state index contributed by atoms with van der Waals surface area (Å²) < 4.78 is 28.1. The minimum Gasteiger partial charge on any atom is -0.296 e. The Bertz CT molecular complexity index is 594. The smallest absolute Gasteiger partial charge is 0.215 e. The minimum atomic E-state index is -3.20. The number of nitrogens with one attached hydrogen (secondary N) is 1. The number of sulfonamides is 1. The normalized spacial score (nSPS) is 24.9. The second-order valence-electron chi connectivity index (χ2n) is 6.50. The Morgan fingerprint density at radius 3 is 2.77 bits per heavy atom. The van der Waals surface area contributed by atoms with Crippen LogP contribution >= 0.6 is 11.3 Å². The Balaban J connectivity index is 1.59. The number of hydrogen-bond donors (Lipinski definition) is 1. The van der Waals surface area contributed by atoms with Gasteiger partial charge in [0.05, 0.1) is 16.0 Å². The first-order valence-corrected chi connectivity index (χ1v) is 10.6. The van der Waals surface area contributed by atoms with Gasteiger partial charge in [0.2, 0.25) is 10.0 Å². The molecule has 0 amide bonds. The summed E-state index contributed by atoms with van der Waals surface area (Å²) in [7, 11) is -3.20. The number of piperidine rings is 1. The largest absolute Gasteiger partial charge is 0.296 e. The maximum absolute atomic E-state index is 12.6. The average molecular weight is 344 g/mol. The quantitative estimate of drug-likeness (QED) is 0.891. The predicted octanol–water partition coefficient (Wildman–Crippen LogP) is 2.28. The molecule has 1 atom stereocenters. The zero-order valence-electron chi connectivity index (χ0n) is 13.1. The van der Waals surface area contributed by atoms with Gasteiger partial charge in [-0.25, -0.2) is 18.1 Å². The van der Waals surface area contributed by atoms with Crippen LogP contribution in [0.4, 0.5) is 0 Å². The molecule has 1 N–H and O–H groups in total. The van der Waals surface area contributed by atoms with Gasteiger partial charge in [-0.15, -0.1) is 11.3 Å². The van der Waals surface area contributed by atoms with Crippen LogP contribution in [-0.4, -0.2) is 42.7 Å². The van der Waals surface area contributed by atoms with Gasteiger partial charge in [-0.05, 0) is 39.2 Å². The molecule has 22 heavy (non-hydrogen) atoms. The lowest BCUT2D eigenvalue weighted by Gasteiger charge is -2.32.